The lowest BCUT2D eigenvalue weighted by Gasteiger charge is -2.12. The highest BCUT2D eigenvalue weighted by Gasteiger charge is 2.24. The first-order valence-electron chi connectivity index (χ1n) is 5.98. The Morgan fingerprint density at radius 2 is 1.78 bits per heavy atom. The predicted molar refractivity (Wildman–Crippen MR) is 81.8 cm³/mol. The number of rotatable bonds is 3. The highest BCUT2D eigenvalue weighted by Crippen LogP contribution is 2.28. The lowest BCUT2D eigenvalue weighted by atomic mass is 10.3. The molecule has 1 aromatic heterocycles. The van der Waals surface area contributed by atoms with Crippen LogP contribution in [-0.4, -0.2) is 17.6 Å². The van der Waals surface area contributed by atoms with Crippen LogP contribution in [0, 0.1) is 11.6 Å². The smallest absolute Gasteiger partial charge is 0.302 e. The molecule has 2 rings (SSSR count). The molecule has 0 saturated carbocycles. The van der Waals surface area contributed by atoms with Gasteiger partial charge in [0.2, 0.25) is 0 Å². The van der Waals surface area contributed by atoms with Crippen LogP contribution in [0.2, 0.25) is 0 Å². The number of benzene rings is 1. The van der Waals surface area contributed by atoms with Crippen molar-refractivity contribution >= 4 is 31.6 Å². The van der Waals surface area contributed by atoms with E-state index in [4.69, 9.17) is 0 Å². The first kappa shape index (κ1) is 17.3. The molecule has 11 heteroatoms. The van der Waals surface area contributed by atoms with E-state index in [1.54, 1.807) is 0 Å². The summed E-state index contributed by atoms with van der Waals surface area (Å²) in [6.07, 6.45) is 0.822. The first-order chi connectivity index (χ1) is 10.5. The van der Waals surface area contributed by atoms with Crippen molar-refractivity contribution in [3.63, 3.8) is 0 Å². The quantitative estimate of drug-likeness (QED) is 0.815. The molecule has 0 aliphatic carbocycles. The minimum atomic E-state index is -4.50. The van der Waals surface area contributed by atoms with E-state index < -0.39 is 43.5 Å². The number of aryl methyl sites for hydroxylation is 1. The molecule has 7 nitrogen and oxygen atoms in total. The van der Waals surface area contributed by atoms with Crippen LogP contribution in [0.3, 0.4) is 0 Å². The molecule has 0 radical (unpaired) electrons. The Bertz CT molecular complexity index is 991. The fourth-order valence-corrected chi connectivity index (χ4v) is 3.68. The van der Waals surface area contributed by atoms with Crippen LogP contribution in [0.5, 0.6) is 0 Å². The van der Waals surface area contributed by atoms with Crippen LogP contribution in [0.4, 0.5) is 14.5 Å². The van der Waals surface area contributed by atoms with E-state index in [1.165, 1.54) is 7.05 Å². The van der Waals surface area contributed by atoms with E-state index in [-0.39, 0.29) is 4.47 Å². The van der Waals surface area contributed by atoms with Crippen LogP contribution in [0.25, 0.3) is 0 Å². The fraction of sp³-hybridized carbons (Fsp3) is 0.167. The molecule has 2 aromatic rings. The van der Waals surface area contributed by atoms with Crippen LogP contribution < -0.4 is 16.0 Å². The van der Waals surface area contributed by atoms with E-state index in [0.29, 0.717) is 10.6 Å². The van der Waals surface area contributed by atoms with Crippen molar-refractivity contribution in [3.05, 3.63) is 55.3 Å². The maximum absolute atomic E-state index is 13.7. The third-order valence-corrected chi connectivity index (χ3v) is 4.91. The summed E-state index contributed by atoms with van der Waals surface area (Å²) in [7, 11) is -2.13. The van der Waals surface area contributed by atoms with Gasteiger partial charge in [-0.25, -0.2) is 22.0 Å². The molecule has 0 bridgehead atoms. The van der Waals surface area contributed by atoms with Crippen LogP contribution in [-0.2, 0) is 24.1 Å². The van der Waals surface area contributed by atoms with E-state index in [0.717, 1.165) is 23.9 Å². The van der Waals surface area contributed by atoms with Crippen LogP contribution in [0.15, 0.2) is 37.3 Å². The van der Waals surface area contributed by atoms with Gasteiger partial charge in [0.05, 0.1) is 5.69 Å². The molecule has 0 spiro atoms. The molecule has 0 saturated heterocycles. The number of sulfonamides is 1. The van der Waals surface area contributed by atoms with Crippen molar-refractivity contribution in [1.82, 2.24) is 9.13 Å². The van der Waals surface area contributed by atoms with Crippen molar-refractivity contribution < 1.29 is 17.2 Å². The average molecular weight is 410 g/mol. The summed E-state index contributed by atoms with van der Waals surface area (Å²) in [6.45, 7) is 0. The van der Waals surface area contributed by atoms with Crippen molar-refractivity contribution in [2.24, 2.45) is 14.1 Å². The molecule has 1 heterocycles. The maximum atomic E-state index is 13.7. The second kappa shape index (κ2) is 5.89. The van der Waals surface area contributed by atoms with Gasteiger partial charge in [-0.1, -0.05) is 0 Å². The largest absolute Gasteiger partial charge is 0.330 e. The zero-order chi connectivity index (χ0) is 17.5. The van der Waals surface area contributed by atoms with Crippen molar-refractivity contribution in [2.45, 2.75) is 4.90 Å². The van der Waals surface area contributed by atoms with Gasteiger partial charge in [-0.15, -0.1) is 0 Å². The molecular weight excluding hydrogens is 400 g/mol. The second-order valence-corrected chi connectivity index (χ2v) is 7.11. The summed E-state index contributed by atoms with van der Waals surface area (Å²) in [4.78, 5) is 22.8. The number of anilines is 1. The summed E-state index contributed by atoms with van der Waals surface area (Å²) >= 11 is 2.84. The Morgan fingerprint density at radius 3 is 2.35 bits per heavy atom. The SMILES string of the molecule is Cn1cc(S(=O)(=O)Nc2c(F)cc(F)cc2Br)c(=O)n(C)c1=O. The van der Waals surface area contributed by atoms with Gasteiger partial charge in [0.15, 0.2) is 10.7 Å². The Morgan fingerprint density at radius 1 is 1.17 bits per heavy atom. The van der Waals surface area contributed by atoms with Gasteiger partial charge in [-0.2, -0.15) is 0 Å². The normalized spacial score (nSPS) is 11.5. The third kappa shape index (κ3) is 3.20. The number of nitrogens with one attached hydrogen (secondary N) is 1. The number of hydrogen-bond donors (Lipinski definition) is 1. The van der Waals surface area contributed by atoms with E-state index in [1.807, 2.05) is 4.72 Å². The first-order valence-corrected chi connectivity index (χ1v) is 8.26. The average Bonchev–Trinajstić information content (AvgIpc) is 2.44. The molecule has 0 atom stereocenters. The lowest BCUT2D eigenvalue weighted by Crippen LogP contribution is -2.40. The monoisotopic (exact) mass is 409 g/mol. The Hall–Kier alpha value is -2.01. The molecule has 0 fully saturated rings. The number of nitrogens with zero attached hydrogens (tertiary/aromatic N) is 2. The van der Waals surface area contributed by atoms with Gasteiger partial charge < -0.3 is 4.57 Å². The Labute approximate surface area is 137 Å². The van der Waals surface area contributed by atoms with Crippen LogP contribution in [0.1, 0.15) is 0 Å². The maximum Gasteiger partial charge on any atom is 0.330 e. The topological polar surface area (TPSA) is 90.2 Å². The van der Waals surface area contributed by atoms with Gasteiger partial charge in [-0.3, -0.25) is 14.1 Å². The van der Waals surface area contributed by atoms with E-state index >= 15 is 0 Å². The van der Waals surface area contributed by atoms with Gasteiger partial charge in [-0.05, 0) is 22.0 Å². The molecule has 23 heavy (non-hydrogen) atoms. The van der Waals surface area contributed by atoms with Gasteiger partial charge in [0.1, 0.15) is 5.82 Å². The summed E-state index contributed by atoms with van der Waals surface area (Å²) in [5.41, 5.74) is -2.34. The Balaban J connectivity index is 2.62. The minimum Gasteiger partial charge on any atom is -0.302 e. The molecular formula is C12H10BrF2N3O4S. The summed E-state index contributed by atoms with van der Waals surface area (Å²) in [5, 5.41) is 0. The van der Waals surface area contributed by atoms with Gasteiger partial charge >= 0.3 is 5.69 Å². The van der Waals surface area contributed by atoms with Crippen molar-refractivity contribution in [2.75, 3.05) is 4.72 Å². The second-order valence-electron chi connectivity index (χ2n) is 4.60. The summed E-state index contributed by atoms with van der Waals surface area (Å²) < 4.78 is 54.6. The van der Waals surface area contributed by atoms with E-state index in [9.17, 15) is 26.8 Å². The highest BCUT2D eigenvalue weighted by molar-refractivity contribution is 9.10. The number of hydrogen-bond acceptors (Lipinski definition) is 4. The molecule has 0 unspecified atom stereocenters. The van der Waals surface area contributed by atoms with E-state index in [2.05, 4.69) is 15.9 Å². The fourth-order valence-electron chi connectivity index (χ4n) is 1.79. The number of halogens is 3. The molecule has 1 N–H and O–H groups in total. The minimum absolute atomic E-state index is 0.180. The lowest BCUT2D eigenvalue weighted by molar-refractivity contribution is 0.578. The van der Waals surface area contributed by atoms with Crippen molar-refractivity contribution in [1.29, 1.82) is 0 Å². The zero-order valence-corrected chi connectivity index (χ0v) is 14.2. The molecule has 1 aromatic carbocycles. The summed E-state index contributed by atoms with van der Waals surface area (Å²) in [5.74, 6) is -2.07. The predicted octanol–water partition coefficient (Wildman–Crippen LogP) is 0.926. The zero-order valence-electron chi connectivity index (χ0n) is 11.8. The molecule has 0 aliphatic rings. The Kier molecular flexibility index (Phi) is 4.44. The third-order valence-electron chi connectivity index (χ3n) is 2.95. The van der Waals surface area contributed by atoms with Gasteiger partial charge in [0, 0.05) is 30.8 Å². The highest BCUT2D eigenvalue weighted by atomic mass is 79.9. The molecule has 0 amide bonds. The summed E-state index contributed by atoms with van der Waals surface area (Å²) in [6, 6.07) is 1.35. The number of aromatic nitrogens is 2. The van der Waals surface area contributed by atoms with Crippen molar-refractivity contribution in [3.8, 4) is 0 Å². The molecule has 124 valence electrons. The van der Waals surface area contributed by atoms with Gasteiger partial charge in [0.25, 0.3) is 15.6 Å². The molecule has 0 aliphatic heterocycles. The standard InChI is InChI=1S/C12H10BrF2N3O4S/c1-17-5-9(11(19)18(2)12(17)20)23(21,22)16-10-7(13)3-6(14)4-8(10)15/h3-5,16H,1-2H3. The van der Waals surface area contributed by atoms with Crippen LogP contribution >= 0.6 is 15.9 Å².